The molecule has 0 radical (unpaired) electrons. The Bertz CT molecular complexity index is 413. The molecule has 0 spiro atoms. The number of aromatic nitrogens is 3. The third-order valence-electron chi connectivity index (χ3n) is 1.80. The Morgan fingerprint density at radius 2 is 1.87 bits per heavy atom. The van der Waals surface area contributed by atoms with E-state index in [1.54, 1.807) is 13.8 Å². The summed E-state index contributed by atoms with van der Waals surface area (Å²) < 4.78 is 1.07. The summed E-state index contributed by atoms with van der Waals surface area (Å²) in [6.07, 6.45) is 0. The van der Waals surface area contributed by atoms with Crippen LogP contribution < -0.4 is 16.7 Å². The molecule has 1 rings (SSSR count). The number of anilines is 1. The normalized spacial score (nSPS) is 11.1. The van der Waals surface area contributed by atoms with Crippen LogP contribution >= 0.6 is 0 Å². The second-order valence-electron chi connectivity index (χ2n) is 3.94. The van der Waals surface area contributed by atoms with Gasteiger partial charge in [0.25, 0.3) is 0 Å². The van der Waals surface area contributed by atoms with Crippen molar-refractivity contribution in [2.24, 2.45) is 0 Å². The predicted octanol–water partition coefficient (Wildman–Crippen LogP) is 0.333. The van der Waals surface area contributed by atoms with Crippen molar-refractivity contribution < 1.29 is 0 Å². The van der Waals surface area contributed by atoms with Crippen molar-refractivity contribution in [1.29, 1.82) is 0 Å². The zero-order valence-corrected chi connectivity index (χ0v) is 9.37. The molecule has 0 saturated heterocycles. The van der Waals surface area contributed by atoms with E-state index in [0.717, 1.165) is 4.57 Å². The maximum Gasteiger partial charge on any atom is 0.355 e. The summed E-state index contributed by atoms with van der Waals surface area (Å²) in [4.78, 5) is 29.2. The first kappa shape index (κ1) is 11.5. The van der Waals surface area contributed by atoms with Crippen LogP contribution in [0.1, 0.15) is 33.7 Å². The van der Waals surface area contributed by atoms with Crippen molar-refractivity contribution in [1.82, 2.24) is 14.5 Å². The minimum Gasteiger partial charge on any atom is -0.353 e. The summed E-state index contributed by atoms with van der Waals surface area (Å²) in [5, 5.41) is 2.87. The molecule has 1 aromatic rings. The highest BCUT2D eigenvalue weighted by Gasteiger charge is 2.08. The molecule has 0 aromatic carbocycles. The van der Waals surface area contributed by atoms with E-state index >= 15 is 0 Å². The van der Waals surface area contributed by atoms with E-state index in [1.165, 1.54) is 0 Å². The summed E-state index contributed by atoms with van der Waals surface area (Å²) in [5.74, 6) is 0.219. The molecule has 84 valence electrons. The number of hydrogen-bond acceptors (Lipinski definition) is 4. The summed E-state index contributed by atoms with van der Waals surface area (Å²) in [5.41, 5.74) is -0.968. The average molecular weight is 212 g/mol. The minimum atomic E-state index is -0.531. The Labute approximate surface area is 87.4 Å². The molecule has 0 aliphatic heterocycles. The molecule has 0 unspecified atom stereocenters. The molecule has 15 heavy (non-hydrogen) atoms. The minimum absolute atomic E-state index is 0.113. The molecule has 0 atom stereocenters. The van der Waals surface area contributed by atoms with Crippen LogP contribution in [0.25, 0.3) is 0 Å². The fourth-order valence-electron chi connectivity index (χ4n) is 1.22. The highest BCUT2D eigenvalue weighted by molar-refractivity contribution is 5.22. The molecule has 2 N–H and O–H groups in total. The molecule has 1 aromatic heterocycles. The first-order valence-electron chi connectivity index (χ1n) is 4.91. The lowest BCUT2D eigenvalue weighted by molar-refractivity contribution is 0.529. The van der Waals surface area contributed by atoms with Crippen molar-refractivity contribution >= 4 is 5.95 Å². The first-order chi connectivity index (χ1) is 6.91. The zero-order chi connectivity index (χ0) is 11.6. The van der Waals surface area contributed by atoms with Gasteiger partial charge in [-0.1, -0.05) is 0 Å². The standard InChI is InChI=1S/C9H16N4O2/c1-5(2)10-7-11-8(14)13(6(3)4)9(15)12-7/h5-6H,1-4H3,(H2,10,11,12,14,15). The molecule has 0 bridgehead atoms. The zero-order valence-electron chi connectivity index (χ0n) is 9.37. The van der Waals surface area contributed by atoms with Crippen LogP contribution in [-0.2, 0) is 0 Å². The Balaban J connectivity index is 3.21. The van der Waals surface area contributed by atoms with Crippen molar-refractivity contribution in [3.63, 3.8) is 0 Å². The molecule has 0 saturated carbocycles. The number of rotatable bonds is 3. The summed E-state index contributed by atoms with van der Waals surface area (Å²) in [7, 11) is 0. The quantitative estimate of drug-likeness (QED) is 0.756. The number of hydrogen-bond donors (Lipinski definition) is 2. The topological polar surface area (TPSA) is 79.8 Å². The number of H-pyrrole nitrogens is 1. The first-order valence-corrected chi connectivity index (χ1v) is 4.91. The van der Waals surface area contributed by atoms with Crippen LogP contribution in [0, 0.1) is 0 Å². The maximum atomic E-state index is 11.5. The van der Waals surface area contributed by atoms with Crippen LogP contribution in [-0.4, -0.2) is 20.6 Å². The van der Waals surface area contributed by atoms with E-state index < -0.39 is 11.4 Å². The summed E-state index contributed by atoms with van der Waals surface area (Å²) >= 11 is 0. The molecule has 0 aliphatic rings. The van der Waals surface area contributed by atoms with E-state index in [-0.39, 0.29) is 18.0 Å². The Hall–Kier alpha value is -1.59. The SMILES string of the molecule is CC(C)Nc1nc(=O)n(C(C)C)c(=O)[nH]1. The third-order valence-corrected chi connectivity index (χ3v) is 1.80. The van der Waals surface area contributed by atoms with Crippen molar-refractivity contribution in [2.45, 2.75) is 39.8 Å². The molecule has 1 heterocycles. The predicted molar refractivity (Wildman–Crippen MR) is 58.3 cm³/mol. The van der Waals surface area contributed by atoms with Gasteiger partial charge in [-0.2, -0.15) is 4.98 Å². The second kappa shape index (κ2) is 4.29. The highest BCUT2D eigenvalue weighted by Crippen LogP contribution is 1.96. The van der Waals surface area contributed by atoms with E-state index in [4.69, 9.17) is 0 Å². The van der Waals surface area contributed by atoms with Gasteiger partial charge in [0.1, 0.15) is 0 Å². The molecule has 6 nitrogen and oxygen atoms in total. The van der Waals surface area contributed by atoms with Gasteiger partial charge in [-0.05, 0) is 27.7 Å². The fourth-order valence-corrected chi connectivity index (χ4v) is 1.22. The van der Waals surface area contributed by atoms with Gasteiger partial charge >= 0.3 is 11.4 Å². The van der Waals surface area contributed by atoms with Gasteiger partial charge in [-0.3, -0.25) is 4.98 Å². The van der Waals surface area contributed by atoms with Crippen LogP contribution in [0.3, 0.4) is 0 Å². The average Bonchev–Trinajstić information content (AvgIpc) is 1.99. The molecule has 0 aliphatic carbocycles. The molecule has 0 fully saturated rings. The van der Waals surface area contributed by atoms with Crippen molar-refractivity contribution in [2.75, 3.05) is 5.32 Å². The van der Waals surface area contributed by atoms with Gasteiger partial charge in [0.2, 0.25) is 5.95 Å². The fraction of sp³-hybridized carbons (Fsp3) is 0.667. The van der Waals surface area contributed by atoms with Gasteiger partial charge in [0, 0.05) is 12.1 Å². The summed E-state index contributed by atoms with van der Waals surface area (Å²) in [6.45, 7) is 7.31. The second-order valence-corrected chi connectivity index (χ2v) is 3.94. The molecular formula is C9H16N4O2. The molecular weight excluding hydrogens is 196 g/mol. The van der Waals surface area contributed by atoms with Crippen molar-refractivity contribution in [3.05, 3.63) is 21.0 Å². The van der Waals surface area contributed by atoms with Crippen LogP contribution in [0.5, 0.6) is 0 Å². The highest BCUT2D eigenvalue weighted by atomic mass is 16.2. The number of aromatic amines is 1. The summed E-state index contributed by atoms with van der Waals surface area (Å²) in [6, 6.07) is -0.0794. The van der Waals surface area contributed by atoms with E-state index in [9.17, 15) is 9.59 Å². The Kier molecular flexibility index (Phi) is 3.28. The van der Waals surface area contributed by atoms with Crippen LogP contribution in [0.2, 0.25) is 0 Å². The largest absolute Gasteiger partial charge is 0.355 e. The number of nitrogens with one attached hydrogen (secondary N) is 2. The number of nitrogens with zero attached hydrogens (tertiary/aromatic N) is 2. The van der Waals surface area contributed by atoms with E-state index in [1.807, 2.05) is 13.8 Å². The van der Waals surface area contributed by atoms with Gasteiger partial charge in [-0.15, -0.1) is 0 Å². The monoisotopic (exact) mass is 212 g/mol. The van der Waals surface area contributed by atoms with Gasteiger partial charge in [-0.25, -0.2) is 14.2 Å². The Morgan fingerprint density at radius 1 is 1.27 bits per heavy atom. The molecule has 0 amide bonds. The van der Waals surface area contributed by atoms with Gasteiger partial charge < -0.3 is 5.32 Å². The third kappa shape index (κ3) is 2.68. The smallest absolute Gasteiger partial charge is 0.353 e. The van der Waals surface area contributed by atoms with Gasteiger partial charge in [0.15, 0.2) is 0 Å². The lowest BCUT2D eigenvalue weighted by Crippen LogP contribution is -2.39. The van der Waals surface area contributed by atoms with Gasteiger partial charge in [0.05, 0.1) is 0 Å². The van der Waals surface area contributed by atoms with Crippen LogP contribution in [0.4, 0.5) is 5.95 Å². The Morgan fingerprint density at radius 3 is 2.27 bits per heavy atom. The molecule has 6 heteroatoms. The van der Waals surface area contributed by atoms with Crippen LogP contribution in [0.15, 0.2) is 9.59 Å². The maximum absolute atomic E-state index is 11.5. The van der Waals surface area contributed by atoms with E-state index in [0.29, 0.717) is 0 Å². The lowest BCUT2D eigenvalue weighted by Gasteiger charge is -2.11. The van der Waals surface area contributed by atoms with E-state index in [2.05, 4.69) is 15.3 Å². The van der Waals surface area contributed by atoms with Crippen molar-refractivity contribution in [3.8, 4) is 0 Å². The lowest BCUT2D eigenvalue weighted by atomic mass is 10.4.